The topological polar surface area (TPSA) is 40.5 Å². The maximum absolute atomic E-state index is 9.98. The summed E-state index contributed by atoms with van der Waals surface area (Å²) in [7, 11) is 0. The molecule has 0 aliphatic heterocycles. The highest BCUT2D eigenvalue weighted by molar-refractivity contribution is 7.26. The third-order valence-electron chi connectivity index (χ3n) is 3.10. The molecule has 1 aromatic heterocycles. The van der Waals surface area contributed by atoms with Gasteiger partial charge in [-0.3, -0.25) is 0 Å². The molecule has 0 aliphatic carbocycles. The molecule has 0 atom stereocenters. The minimum atomic E-state index is 0.151. The molecule has 0 radical (unpaired) electrons. The van der Waals surface area contributed by atoms with Crippen LogP contribution in [0.15, 0.2) is 24.3 Å². The van der Waals surface area contributed by atoms with E-state index >= 15 is 0 Å². The second-order valence-electron chi connectivity index (χ2n) is 4.35. The molecule has 1 heterocycles. The molecule has 17 heavy (non-hydrogen) atoms. The molecule has 0 aliphatic rings. The predicted molar refractivity (Wildman–Crippen MR) is 72.1 cm³/mol. The Kier molecular flexibility index (Phi) is 2.07. The Hall–Kier alpha value is -1.74. The lowest BCUT2D eigenvalue weighted by Gasteiger charge is -2.02. The van der Waals surface area contributed by atoms with Gasteiger partial charge in [0.25, 0.3) is 0 Å². The number of phenols is 2. The van der Waals surface area contributed by atoms with Crippen LogP contribution in [0.5, 0.6) is 11.5 Å². The van der Waals surface area contributed by atoms with E-state index in [-0.39, 0.29) is 11.5 Å². The van der Waals surface area contributed by atoms with E-state index in [4.69, 9.17) is 0 Å². The van der Waals surface area contributed by atoms with Crippen LogP contribution in [0.2, 0.25) is 0 Å². The monoisotopic (exact) mass is 244 g/mol. The van der Waals surface area contributed by atoms with Crippen LogP contribution in [-0.2, 0) is 0 Å². The van der Waals surface area contributed by atoms with Crippen molar-refractivity contribution in [2.75, 3.05) is 0 Å². The Morgan fingerprint density at radius 2 is 1.76 bits per heavy atom. The third kappa shape index (κ3) is 1.39. The average molecular weight is 244 g/mol. The van der Waals surface area contributed by atoms with Crippen molar-refractivity contribution in [1.29, 1.82) is 0 Å². The second kappa shape index (κ2) is 3.37. The van der Waals surface area contributed by atoms with Gasteiger partial charge in [0.2, 0.25) is 0 Å². The van der Waals surface area contributed by atoms with Crippen LogP contribution in [-0.4, -0.2) is 10.2 Å². The standard InChI is InChI=1S/C14H12O2S/c1-7-3-4-9-12(5-7)17-14-8(2)10(15)6-11(16)13(9)14/h3-6,15-16H,1-2H3. The van der Waals surface area contributed by atoms with Gasteiger partial charge in [-0.15, -0.1) is 11.3 Å². The smallest absolute Gasteiger partial charge is 0.128 e. The zero-order valence-electron chi connectivity index (χ0n) is 9.61. The Morgan fingerprint density at radius 1 is 1.00 bits per heavy atom. The van der Waals surface area contributed by atoms with E-state index in [1.54, 1.807) is 11.3 Å². The fraction of sp³-hybridized carbons (Fsp3) is 0.143. The van der Waals surface area contributed by atoms with Crippen molar-refractivity contribution in [3.8, 4) is 11.5 Å². The maximum Gasteiger partial charge on any atom is 0.128 e. The van der Waals surface area contributed by atoms with Crippen LogP contribution in [0.3, 0.4) is 0 Å². The van der Waals surface area contributed by atoms with E-state index in [0.29, 0.717) is 0 Å². The van der Waals surface area contributed by atoms with Gasteiger partial charge in [-0.05, 0) is 25.5 Å². The van der Waals surface area contributed by atoms with E-state index in [9.17, 15) is 10.2 Å². The minimum Gasteiger partial charge on any atom is -0.507 e. The molecule has 86 valence electrons. The van der Waals surface area contributed by atoms with Gasteiger partial charge in [-0.2, -0.15) is 0 Å². The summed E-state index contributed by atoms with van der Waals surface area (Å²) in [6.45, 7) is 3.92. The highest BCUT2D eigenvalue weighted by atomic mass is 32.1. The predicted octanol–water partition coefficient (Wildman–Crippen LogP) is 4.08. The average Bonchev–Trinajstić information content (AvgIpc) is 2.64. The number of hydrogen-bond acceptors (Lipinski definition) is 3. The van der Waals surface area contributed by atoms with Crippen LogP contribution in [0.25, 0.3) is 20.2 Å². The summed E-state index contributed by atoms with van der Waals surface area (Å²) in [5.74, 6) is 0.302. The van der Waals surface area contributed by atoms with E-state index in [0.717, 1.165) is 25.7 Å². The molecule has 2 aromatic carbocycles. The molecule has 0 saturated carbocycles. The van der Waals surface area contributed by atoms with Crippen LogP contribution >= 0.6 is 11.3 Å². The normalized spacial score (nSPS) is 11.4. The van der Waals surface area contributed by atoms with Crippen molar-refractivity contribution in [3.05, 3.63) is 35.4 Å². The van der Waals surface area contributed by atoms with Crippen molar-refractivity contribution < 1.29 is 10.2 Å². The molecular formula is C14H12O2S. The number of fused-ring (bicyclic) bond motifs is 3. The van der Waals surface area contributed by atoms with E-state index in [2.05, 4.69) is 6.07 Å². The maximum atomic E-state index is 9.98. The summed E-state index contributed by atoms with van der Waals surface area (Å²) < 4.78 is 2.10. The summed E-state index contributed by atoms with van der Waals surface area (Å²) >= 11 is 1.61. The summed E-state index contributed by atoms with van der Waals surface area (Å²) in [4.78, 5) is 0. The first-order valence-corrected chi connectivity index (χ1v) is 6.24. The third-order valence-corrected chi connectivity index (χ3v) is 4.37. The second-order valence-corrected chi connectivity index (χ2v) is 5.40. The molecule has 3 rings (SSSR count). The Morgan fingerprint density at radius 3 is 2.53 bits per heavy atom. The molecule has 0 spiro atoms. The molecule has 2 nitrogen and oxygen atoms in total. The van der Waals surface area contributed by atoms with Gasteiger partial charge in [0.1, 0.15) is 11.5 Å². The molecular weight excluding hydrogens is 232 g/mol. The van der Waals surface area contributed by atoms with Gasteiger partial charge >= 0.3 is 0 Å². The molecule has 0 unspecified atom stereocenters. The lowest BCUT2D eigenvalue weighted by molar-refractivity contribution is 0.453. The van der Waals surface area contributed by atoms with Crippen LogP contribution in [0.4, 0.5) is 0 Å². The number of rotatable bonds is 0. The van der Waals surface area contributed by atoms with Crippen molar-refractivity contribution >= 4 is 31.5 Å². The minimum absolute atomic E-state index is 0.151. The molecule has 0 saturated heterocycles. The van der Waals surface area contributed by atoms with Gasteiger partial charge in [0.15, 0.2) is 0 Å². The number of thiophene rings is 1. The van der Waals surface area contributed by atoms with E-state index in [1.807, 2.05) is 26.0 Å². The van der Waals surface area contributed by atoms with Crippen molar-refractivity contribution in [2.24, 2.45) is 0 Å². The molecule has 0 bridgehead atoms. The van der Waals surface area contributed by atoms with Crippen LogP contribution in [0.1, 0.15) is 11.1 Å². The van der Waals surface area contributed by atoms with Crippen LogP contribution < -0.4 is 0 Å². The first-order valence-electron chi connectivity index (χ1n) is 5.42. The number of aromatic hydroxyl groups is 2. The molecule has 2 N–H and O–H groups in total. The Labute approximate surface area is 103 Å². The first kappa shape index (κ1) is 10.4. The molecule has 0 fully saturated rings. The molecule has 3 aromatic rings. The lowest BCUT2D eigenvalue weighted by atomic mass is 10.1. The van der Waals surface area contributed by atoms with Crippen molar-refractivity contribution in [1.82, 2.24) is 0 Å². The Bertz CT molecular complexity index is 741. The summed E-state index contributed by atoms with van der Waals surface area (Å²) in [5.41, 5.74) is 2.03. The van der Waals surface area contributed by atoms with E-state index < -0.39 is 0 Å². The largest absolute Gasteiger partial charge is 0.507 e. The van der Waals surface area contributed by atoms with Gasteiger partial charge in [-0.25, -0.2) is 0 Å². The highest BCUT2D eigenvalue weighted by Crippen LogP contribution is 2.43. The fourth-order valence-electron chi connectivity index (χ4n) is 2.15. The fourth-order valence-corrected chi connectivity index (χ4v) is 3.47. The SMILES string of the molecule is Cc1ccc2c(c1)sc1c(C)c(O)cc(O)c12. The molecule has 3 heteroatoms. The number of benzene rings is 2. The summed E-state index contributed by atoms with van der Waals surface area (Å²) in [5, 5.41) is 21.6. The Balaban J connectivity index is 2.60. The van der Waals surface area contributed by atoms with Gasteiger partial charge in [-0.1, -0.05) is 12.1 Å². The lowest BCUT2D eigenvalue weighted by Crippen LogP contribution is -1.76. The number of hydrogen-bond donors (Lipinski definition) is 2. The summed E-state index contributed by atoms with van der Waals surface area (Å²) in [6, 6.07) is 7.59. The highest BCUT2D eigenvalue weighted by Gasteiger charge is 2.14. The van der Waals surface area contributed by atoms with Gasteiger partial charge in [0, 0.05) is 31.8 Å². The number of aryl methyl sites for hydroxylation is 2. The van der Waals surface area contributed by atoms with E-state index in [1.165, 1.54) is 11.6 Å². The molecule has 0 amide bonds. The zero-order valence-corrected chi connectivity index (χ0v) is 10.4. The van der Waals surface area contributed by atoms with Crippen molar-refractivity contribution in [2.45, 2.75) is 13.8 Å². The quantitative estimate of drug-likeness (QED) is 0.625. The van der Waals surface area contributed by atoms with Crippen molar-refractivity contribution in [3.63, 3.8) is 0 Å². The van der Waals surface area contributed by atoms with Gasteiger partial charge < -0.3 is 10.2 Å². The summed E-state index contributed by atoms with van der Waals surface area (Å²) in [6.07, 6.45) is 0. The first-order chi connectivity index (χ1) is 8.08. The van der Waals surface area contributed by atoms with Crippen LogP contribution in [0, 0.1) is 13.8 Å². The zero-order chi connectivity index (χ0) is 12.2. The number of phenolic OH excluding ortho intramolecular Hbond substituents is 2. The van der Waals surface area contributed by atoms with Gasteiger partial charge in [0.05, 0.1) is 0 Å².